The second-order valence-corrected chi connectivity index (χ2v) is 4.76. The topological polar surface area (TPSA) is 64.4 Å². The molecule has 112 valence electrons. The summed E-state index contributed by atoms with van der Waals surface area (Å²) in [7, 11) is 0. The molecule has 3 rings (SSSR count). The maximum absolute atomic E-state index is 11.6. The minimum Gasteiger partial charge on any atom is -0.462 e. The van der Waals surface area contributed by atoms with Gasteiger partial charge < -0.3 is 14.5 Å². The Balaban J connectivity index is 1.64. The molecule has 0 amide bonds. The first-order valence-corrected chi connectivity index (χ1v) is 7.12. The Hall–Kier alpha value is -2.82. The van der Waals surface area contributed by atoms with Crippen molar-refractivity contribution in [3.63, 3.8) is 0 Å². The second kappa shape index (κ2) is 6.30. The normalized spacial score (nSPS) is 10.6. The third-order valence-corrected chi connectivity index (χ3v) is 3.20. The van der Waals surface area contributed by atoms with Crippen LogP contribution in [0.5, 0.6) is 0 Å². The van der Waals surface area contributed by atoms with Crippen molar-refractivity contribution in [3.8, 4) is 0 Å². The van der Waals surface area contributed by atoms with E-state index < -0.39 is 0 Å². The molecule has 0 saturated carbocycles. The number of oxazole rings is 1. The Kier molecular flexibility index (Phi) is 4.05. The Morgan fingerprint density at radius 1 is 1.18 bits per heavy atom. The lowest BCUT2D eigenvalue weighted by Gasteiger charge is -2.04. The number of anilines is 1. The van der Waals surface area contributed by atoms with Gasteiger partial charge in [0, 0.05) is 6.54 Å². The number of ether oxygens (including phenoxy) is 1. The molecule has 0 atom stereocenters. The van der Waals surface area contributed by atoms with Gasteiger partial charge in [-0.3, -0.25) is 0 Å². The van der Waals surface area contributed by atoms with E-state index in [0.717, 1.165) is 16.7 Å². The highest BCUT2D eigenvalue weighted by Crippen LogP contribution is 2.18. The zero-order valence-electron chi connectivity index (χ0n) is 12.2. The van der Waals surface area contributed by atoms with Gasteiger partial charge in [0.05, 0.1) is 12.2 Å². The Bertz CT molecular complexity index is 745. The number of hydrogen-bond acceptors (Lipinski definition) is 5. The highest BCUT2D eigenvalue weighted by molar-refractivity contribution is 5.89. The van der Waals surface area contributed by atoms with Gasteiger partial charge in [-0.15, -0.1) is 0 Å². The summed E-state index contributed by atoms with van der Waals surface area (Å²) in [5.74, 6) is -0.305. The lowest BCUT2D eigenvalue weighted by molar-refractivity contribution is 0.0526. The zero-order valence-corrected chi connectivity index (χ0v) is 12.2. The molecule has 1 aromatic heterocycles. The molecule has 0 aliphatic heterocycles. The van der Waals surface area contributed by atoms with E-state index in [2.05, 4.69) is 10.3 Å². The van der Waals surface area contributed by atoms with E-state index in [1.807, 2.05) is 36.4 Å². The summed E-state index contributed by atoms with van der Waals surface area (Å²) < 4.78 is 10.5. The summed E-state index contributed by atoms with van der Waals surface area (Å²) >= 11 is 0. The van der Waals surface area contributed by atoms with Crippen LogP contribution in [0.4, 0.5) is 6.01 Å². The number of nitrogens with zero attached hydrogens (tertiary/aromatic N) is 1. The minimum atomic E-state index is -0.305. The quantitative estimate of drug-likeness (QED) is 0.728. The standard InChI is InChI=1S/C17H16N2O3/c1-2-21-16(20)13-9-7-12(8-10-13)11-18-17-19-14-5-3-4-6-15(14)22-17/h3-10H,2,11H2,1H3,(H,18,19). The highest BCUT2D eigenvalue weighted by atomic mass is 16.5. The molecule has 2 aromatic carbocycles. The van der Waals surface area contributed by atoms with Crippen LogP contribution < -0.4 is 5.32 Å². The summed E-state index contributed by atoms with van der Waals surface area (Å²) in [6.07, 6.45) is 0. The molecular weight excluding hydrogens is 280 g/mol. The number of para-hydroxylation sites is 2. The van der Waals surface area contributed by atoms with E-state index >= 15 is 0 Å². The third kappa shape index (κ3) is 3.09. The maximum atomic E-state index is 11.6. The average Bonchev–Trinajstić information content (AvgIpc) is 2.96. The number of benzene rings is 2. The number of aromatic nitrogens is 1. The third-order valence-electron chi connectivity index (χ3n) is 3.20. The Morgan fingerprint density at radius 2 is 1.95 bits per heavy atom. The van der Waals surface area contributed by atoms with Crippen LogP contribution in [-0.4, -0.2) is 17.6 Å². The van der Waals surface area contributed by atoms with Crippen LogP contribution in [0, 0.1) is 0 Å². The first kappa shape index (κ1) is 14.1. The molecule has 0 spiro atoms. The van der Waals surface area contributed by atoms with E-state index in [1.54, 1.807) is 19.1 Å². The summed E-state index contributed by atoms with van der Waals surface area (Å²) in [6, 6.07) is 15.3. The Labute approximate surface area is 127 Å². The van der Waals surface area contributed by atoms with Gasteiger partial charge in [0.15, 0.2) is 5.58 Å². The number of esters is 1. The van der Waals surface area contributed by atoms with Gasteiger partial charge in [0.25, 0.3) is 6.01 Å². The molecule has 1 heterocycles. The number of nitrogens with one attached hydrogen (secondary N) is 1. The monoisotopic (exact) mass is 296 g/mol. The number of hydrogen-bond donors (Lipinski definition) is 1. The number of fused-ring (bicyclic) bond motifs is 1. The smallest absolute Gasteiger partial charge is 0.338 e. The summed E-state index contributed by atoms with van der Waals surface area (Å²) in [4.78, 5) is 15.9. The fraction of sp³-hybridized carbons (Fsp3) is 0.176. The lowest BCUT2D eigenvalue weighted by atomic mass is 10.1. The summed E-state index contributed by atoms with van der Waals surface area (Å²) in [6.45, 7) is 2.73. The number of rotatable bonds is 5. The molecule has 5 nitrogen and oxygen atoms in total. The molecular formula is C17H16N2O3. The molecule has 1 N–H and O–H groups in total. The van der Waals surface area contributed by atoms with E-state index in [-0.39, 0.29) is 5.97 Å². The number of carbonyl (C=O) groups is 1. The van der Waals surface area contributed by atoms with Gasteiger partial charge in [-0.2, -0.15) is 4.98 Å². The fourth-order valence-corrected chi connectivity index (χ4v) is 2.10. The van der Waals surface area contributed by atoms with Crippen molar-refractivity contribution in [2.75, 3.05) is 11.9 Å². The maximum Gasteiger partial charge on any atom is 0.338 e. The largest absolute Gasteiger partial charge is 0.462 e. The van der Waals surface area contributed by atoms with Crippen LogP contribution in [0.15, 0.2) is 52.9 Å². The van der Waals surface area contributed by atoms with Gasteiger partial charge in [-0.1, -0.05) is 24.3 Å². The van der Waals surface area contributed by atoms with E-state index in [4.69, 9.17) is 9.15 Å². The van der Waals surface area contributed by atoms with Crippen molar-refractivity contribution in [1.29, 1.82) is 0 Å². The molecule has 0 aliphatic carbocycles. The second-order valence-electron chi connectivity index (χ2n) is 4.76. The van der Waals surface area contributed by atoms with Crippen LogP contribution in [0.2, 0.25) is 0 Å². The van der Waals surface area contributed by atoms with Crippen molar-refractivity contribution in [2.24, 2.45) is 0 Å². The van der Waals surface area contributed by atoms with E-state index in [0.29, 0.717) is 24.7 Å². The first-order valence-electron chi connectivity index (χ1n) is 7.12. The van der Waals surface area contributed by atoms with Crippen molar-refractivity contribution < 1.29 is 13.9 Å². The number of carbonyl (C=O) groups excluding carboxylic acids is 1. The molecule has 0 aliphatic rings. The highest BCUT2D eigenvalue weighted by Gasteiger charge is 2.07. The lowest BCUT2D eigenvalue weighted by Crippen LogP contribution is -2.05. The molecule has 5 heteroatoms. The van der Waals surface area contributed by atoms with Crippen LogP contribution in [0.25, 0.3) is 11.1 Å². The molecule has 0 unspecified atom stereocenters. The Morgan fingerprint density at radius 3 is 2.68 bits per heavy atom. The molecule has 22 heavy (non-hydrogen) atoms. The summed E-state index contributed by atoms with van der Waals surface area (Å²) in [5.41, 5.74) is 3.15. The molecule has 0 bridgehead atoms. The summed E-state index contributed by atoms with van der Waals surface area (Å²) in [5, 5.41) is 3.13. The van der Waals surface area contributed by atoms with Crippen molar-refractivity contribution in [2.45, 2.75) is 13.5 Å². The molecule has 0 radical (unpaired) electrons. The fourth-order valence-electron chi connectivity index (χ4n) is 2.10. The average molecular weight is 296 g/mol. The SMILES string of the molecule is CCOC(=O)c1ccc(CNc2nc3ccccc3o2)cc1. The van der Waals surface area contributed by atoms with Crippen LogP contribution >= 0.6 is 0 Å². The molecule has 0 fully saturated rings. The first-order chi connectivity index (χ1) is 10.8. The van der Waals surface area contributed by atoms with Gasteiger partial charge in [0.2, 0.25) is 0 Å². The van der Waals surface area contributed by atoms with E-state index in [9.17, 15) is 4.79 Å². The van der Waals surface area contributed by atoms with Crippen LogP contribution in [0.1, 0.15) is 22.8 Å². The minimum absolute atomic E-state index is 0.305. The van der Waals surface area contributed by atoms with Gasteiger partial charge in [-0.25, -0.2) is 4.79 Å². The zero-order chi connectivity index (χ0) is 15.4. The van der Waals surface area contributed by atoms with Crippen molar-refractivity contribution in [3.05, 3.63) is 59.7 Å². The predicted molar refractivity (Wildman–Crippen MR) is 83.7 cm³/mol. The molecule has 3 aromatic rings. The van der Waals surface area contributed by atoms with E-state index in [1.165, 1.54) is 0 Å². The predicted octanol–water partition coefficient (Wildman–Crippen LogP) is 3.62. The van der Waals surface area contributed by atoms with Gasteiger partial charge >= 0.3 is 5.97 Å². The molecule has 0 saturated heterocycles. The van der Waals surface area contributed by atoms with Crippen LogP contribution in [0.3, 0.4) is 0 Å². The van der Waals surface area contributed by atoms with Crippen LogP contribution in [-0.2, 0) is 11.3 Å². The van der Waals surface area contributed by atoms with Crippen molar-refractivity contribution in [1.82, 2.24) is 4.98 Å². The van der Waals surface area contributed by atoms with Gasteiger partial charge in [0.1, 0.15) is 5.52 Å². The van der Waals surface area contributed by atoms with Gasteiger partial charge in [-0.05, 0) is 36.8 Å². The van der Waals surface area contributed by atoms with Crippen molar-refractivity contribution >= 4 is 23.1 Å².